The number of hydrogen-bond acceptors (Lipinski definition) is 2. The fourth-order valence-electron chi connectivity index (χ4n) is 2.70. The van der Waals surface area contributed by atoms with Crippen LogP contribution in [0.4, 0.5) is 0 Å². The van der Waals surface area contributed by atoms with E-state index in [0.717, 1.165) is 19.6 Å². The number of nitrogens with zero attached hydrogens (tertiary/aromatic N) is 2. The molecular weight excluding hydrogens is 222 g/mol. The standard InChI is InChI=1S/C15H19N3/c1-2-4-13(5-3-1)11-18-12-17-10-15(18)14-6-8-16-9-7-14/h1-5,10,12,14,16H,6-9,11H2. The van der Waals surface area contributed by atoms with Gasteiger partial charge in [-0.1, -0.05) is 30.3 Å². The molecule has 2 aromatic rings. The predicted octanol–water partition coefficient (Wildman–Crippen LogP) is 2.40. The Morgan fingerprint density at radius 3 is 2.72 bits per heavy atom. The molecule has 94 valence electrons. The fraction of sp³-hybridized carbons (Fsp3) is 0.400. The van der Waals surface area contributed by atoms with E-state index in [0.29, 0.717) is 5.92 Å². The Morgan fingerprint density at radius 1 is 1.17 bits per heavy atom. The minimum atomic E-state index is 0.664. The molecule has 0 unspecified atom stereocenters. The number of hydrogen-bond donors (Lipinski definition) is 1. The van der Waals surface area contributed by atoms with Gasteiger partial charge in [0.15, 0.2) is 0 Å². The number of imidazole rings is 1. The molecule has 0 radical (unpaired) electrons. The van der Waals surface area contributed by atoms with Crippen molar-refractivity contribution in [2.45, 2.75) is 25.3 Å². The molecule has 1 aromatic heterocycles. The first-order valence-corrected chi connectivity index (χ1v) is 6.68. The lowest BCUT2D eigenvalue weighted by Gasteiger charge is -2.23. The predicted molar refractivity (Wildman–Crippen MR) is 72.6 cm³/mol. The van der Waals surface area contributed by atoms with Crippen LogP contribution < -0.4 is 5.32 Å². The van der Waals surface area contributed by atoms with Crippen molar-refractivity contribution in [3.05, 3.63) is 54.1 Å². The summed E-state index contributed by atoms with van der Waals surface area (Å²) in [5.74, 6) is 0.664. The van der Waals surface area contributed by atoms with Crippen molar-refractivity contribution in [3.63, 3.8) is 0 Å². The quantitative estimate of drug-likeness (QED) is 0.894. The maximum Gasteiger partial charge on any atom is 0.0951 e. The van der Waals surface area contributed by atoms with Crippen molar-refractivity contribution in [3.8, 4) is 0 Å². The van der Waals surface area contributed by atoms with Gasteiger partial charge >= 0.3 is 0 Å². The maximum absolute atomic E-state index is 4.34. The number of benzene rings is 1. The van der Waals surface area contributed by atoms with Gasteiger partial charge < -0.3 is 9.88 Å². The van der Waals surface area contributed by atoms with Crippen LogP contribution in [0.2, 0.25) is 0 Å². The summed E-state index contributed by atoms with van der Waals surface area (Å²) in [5.41, 5.74) is 2.73. The van der Waals surface area contributed by atoms with Crippen LogP contribution in [0.25, 0.3) is 0 Å². The van der Waals surface area contributed by atoms with Crippen LogP contribution in [-0.4, -0.2) is 22.6 Å². The third-order valence-electron chi connectivity index (χ3n) is 3.70. The van der Waals surface area contributed by atoms with Crippen LogP contribution in [0.1, 0.15) is 30.0 Å². The third-order valence-corrected chi connectivity index (χ3v) is 3.70. The van der Waals surface area contributed by atoms with Crippen molar-refractivity contribution in [1.29, 1.82) is 0 Å². The molecule has 0 spiro atoms. The summed E-state index contributed by atoms with van der Waals surface area (Å²) < 4.78 is 2.30. The van der Waals surface area contributed by atoms with Gasteiger partial charge in [-0.15, -0.1) is 0 Å². The van der Waals surface area contributed by atoms with Crippen molar-refractivity contribution in [2.75, 3.05) is 13.1 Å². The molecule has 1 saturated heterocycles. The molecule has 1 aromatic carbocycles. The normalized spacial score (nSPS) is 16.9. The van der Waals surface area contributed by atoms with Crippen LogP contribution in [0, 0.1) is 0 Å². The van der Waals surface area contributed by atoms with Gasteiger partial charge in [0.05, 0.1) is 6.33 Å². The van der Waals surface area contributed by atoms with Crippen LogP contribution in [0.3, 0.4) is 0 Å². The van der Waals surface area contributed by atoms with Gasteiger partial charge in [-0.3, -0.25) is 0 Å². The van der Waals surface area contributed by atoms with Crippen molar-refractivity contribution in [1.82, 2.24) is 14.9 Å². The average Bonchev–Trinajstić information content (AvgIpc) is 2.89. The summed E-state index contributed by atoms with van der Waals surface area (Å²) in [6, 6.07) is 10.6. The summed E-state index contributed by atoms with van der Waals surface area (Å²) in [6.07, 6.45) is 6.45. The number of nitrogens with one attached hydrogen (secondary N) is 1. The third kappa shape index (κ3) is 2.46. The molecule has 0 atom stereocenters. The van der Waals surface area contributed by atoms with E-state index in [1.54, 1.807) is 0 Å². The van der Waals surface area contributed by atoms with Crippen molar-refractivity contribution < 1.29 is 0 Å². The van der Waals surface area contributed by atoms with Crippen LogP contribution >= 0.6 is 0 Å². The lowest BCUT2D eigenvalue weighted by Crippen LogP contribution is -2.27. The summed E-state index contributed by atoms with van der Waals surface area (Å²) >= 11 is 0. The van der Waals surface area contributed by atoms with Gasteiger partial charge in [-0.05, 0) is 31.5 Å². The second kappa shape index (κ2) is 5.36. The molecule has 2 heterocycles. The van der Waals surface area contributed by atoms with Gasteiger partial charge in [0, 0.05) is 24.4 Å². The first-order chi connectivity index (χ1) is 8.93. The first kappa shape index (κ1) is 11.5. The highest BCUT2D eigenvalue weighted by molar-refractivity contribution is 5.17. The van der Waals surface area contributed by atoms with Crippen LogP contribution in [0.5, 0.6) is 0 Å². The molecule has 0 saturated carbocycles. The zero-order valence-electron chi connectivity index (χ0n) is 10.5. The van der Waals surface area contributed by atoms with E-state index in [1.807, 2.05) is 12.5 Å². The molecule has 1 aliphatic heterocycles. The zero-order valence-corrected chi connectivity index (χ0v) is 10.5. The summed E-state index contributed by atoms with van der Waals surface area (Å²) in [7, 11) is 0. The molecule has 1 N–H and O–H groups in total. The second-order valence-electron chi connectivity index (χ2n) is 4.96. The Kier molecular flexibility index (Phi) is 3.42. The van der Waals surface area contributed by atoms with E-state index in [1.165, 1.54) is 24.1 Å². The Morgan fingerprint density at radius 2 is 1.94 bits per heavy atom. The van der Waals surface area contributed by atoms with Gasteiger partial charge in [-0.25, -0.2) is 4.98 Å². The zero-order chi connectivity index (χ0) is 12.2. The average molecular weight is 241 g/mol. The first-order valence-electron chi connectivity index (χ1n) is 6.68. The van der Waals surface area contributed by atoms with E-state index < -0.39 is 0 Å². The molecule has 1 fully saturated rings. The fourth-order valence-corrected chi connectivity index (χ4v) is 2.70. The SMILES string of the molecule is c1ccc(Cn2cncc2C2CCNCC2)cc1. The summed E-state index contributed by atoms with van der Waals surface area (Å²) in [5, 5.41) is 3.42. The van der Waals surface area contributed by atoms with Crippen LogP contribution in [0.15, 0.2) is 42.9 Å². The summed E-state index contributed by atoms with van der Waals surface area (Å²) in [6.45, 7) is 3.18. The molecule has 3 nitrogen and oxygen atoms in total. The molecule has 0 bridgehead atoms. The lowest BCUT2D eigenvalue weighted by molar-refractivity contribution is 0.442. The second-order valence-corrected chi connectivity index (χ2v) is 4.96. The highest BCUT2D eigenvalue weighted by Crippen LogP contribution is 2.25. The molecule has 18 heavy (non-hydrogen) atoms. The Bertz CT molecular complexity index is 483. The smallest absolute Gasteiger partial charge is 0.0951 e. The van der Waals surface area contributed by atoms with E-state index in [9.17, 15) is 0 Å². The number of aromatic nitrogens is 2. The van der Waals surface area contributed by atoms with Crippen molar-refractivity contribution in [2.24, 2.45) is 0 Å². The molecule has 3 rings (SSSR count). The van der Waals surface area contributed by atoms with E-state index in [-0.39, 0.29) is 0 Å². The maximum atomic E-state index is 4.34. The highest BCUT2D eigenvalue weighted by atomic mass is 15.0. The van der Waals surface area contributed by atoms with Gasteiger partial charge in [0.1, 0.15) is 0 Å². The highest BCUT2D eigenvalue weighted by Gasteiger charge is 2.18. The molecule has 3 heteroatoms. The molecule has 0 aliphatic carbocycles. The Balaban J connectivity index is 1.78. The largest absolute Gasteiger partial charge is 0.330 e. The minimum Gasteiger partial charge on any atom is -0.330 e. The molecule has 1 aliphatic rings. The van der Waals surface area contributed by atoms with Crippen molar-refractivity contribution >= 4 is 0 Å². The van der Waals surface area contributed by atoms with Gasteiger partial charge in [0.2, 0.25) is 0 Å². The Labute approximate surface area is 108 Å². The Hall–Kier alpha value is -1.61. The monoisotopic (exact) mass is 241 g/mol. The minimum absolute atomic E-state index is 0.664. The molecule has 0 amide bonds. The van der Waals surface area contributed by atoms with E-state index in [2.05, 4.69) is 45.2 Å². The molecular formula is C15H19N3. The van der Waals surface area contributed by atoms with Gasteiger partial charge in [0.25, 0.3) is 0 Å². The topological polar surface area (TPSA) is 29.9 Å². The number of rotatable bonds is 3. The van der Waals surface area contributed by atoms with E-state index >= 15 is 0 Å². The van der Waals surface area contributed by atoms with Gasteiger partial charge in [-0.2, -0.15) is 0 Å². The lowest BCUT2D eigenvalue weighted by atomic mass is 9.95. The summed E-state index contributed by atoms with van der Waals surface area (Å²) in [4.78, 5) is 4.34. The van der Waals surface area contributed by atoms with Crippen LogP contribution in [-0.2, 0) is 6.54 Å². The van der Waals surface area contributed by atoms with E-state index in [4.69, 9.17) is 0 Å². The number of piperidine rings is 1.